The minimum Gasteiger partial charge on any atom is -0.350 e. The van der Waals surface area contributed by atoms with Crippen molar-refractivity contribution in [3.63, 3.8) is 0 Å². The van der Waals surface area contributed by atoms with Crippen molar-refractivity contribution < 1.29 is 4.79 Å². The highest BCUT2D eigenvalue weighted by Gasteiger charge is 2.38. The van der Waals surface area contributed by atoms with Gasteiger partial charge >= 0.3 is 0 Å². The van der Waals surface area contributed by atoms with E-state index in [2.05, 4.69) is 32.4 Å². The molecule has 2 aromatic rings. The Morgan fingerprint density at radius 3 is 2.96 bits per heavy atom. The van der Waals surface area contributed by atoms with Crippen LogP contribution in [0.1, 0.15) is 29.8 Å². The molecule has 1 aliphatic carbocycles. The Labute approximate surface area is 141 Å². The maximum atomic E-state index is 12.6. The lowest BCUT2D eigenvalue weighted by molar-refractivity contribution is 0.0203. The van der Waals surface area contributed by atoms with E-state index in [1.807, 2.05) is 12.1 Å². The van der Waals surface area contributed by atoms with Crippen LogP contribution in [0.4, 0.5) is 0 Å². The van der Waals surface area contributed by atoms with Gasteiger partial charge in [0, 0.05) is 37.1 Å². The molecule has 4 heterocycles. The fourth-order valence-corrected chi connectivity index (χ4v) is 4.38. The molecule has 6 nitrogen and oxygen atoms in total. The predicted molar refractivity (Wildman–Crippen MR) is 91.4 cm³/mol. The number of piperidine rings is 2. The molecule has 3 aliphatic rings. The number of aromatic nitrogens is 3. The first-order valence-corrected chi connectivity index (χ1v) is 8.64. The first-order valence-electron chi connectivity index (χ1n) is 8.64. The lowest BCUT2D eigenvalue weighted by Gasteiger charge is -2.48. The number of nitrogens with one attached hydrogen (secondary N) is 2. The highest BCUT2D eigenvalue weighted by Crippen LogP contribution is 2.37. The molecule has 3 unspecified atom stereocenters. The number of H-pyrrole nitrogens is 1. The predicted octanol–water partition coefficient (Wildman–Crippen LogP) is 1.93. The van der Waals surface area contributed by atoms with Crippen LogP contribution in [0.15, 0.2) is 30.7 Å². The highest BCUT2D eigenvalue weighted by molar-refractivity contribution is 5.98. The number of carbonyl (C=O) groups is 1. The first kappa shape index (κ1) is 15.3. The number of pyridine rings is 1. The number of hydrogen-bond donors (Lipinski definition) is 2. The zero-order valence-electron chi connectivity index (χ0n) is 13.9. The molecule has 1 amide bonds. The van der Waals surface area contributed by atoms with Crippen molar-refractivity contribution >= 4 is 5.91 Å². The summed E-state index contributed by atoms with van der Waals surface area (Å²) in [6.45, 7) is 1.95. The second kappa shape index (κ2) is 6.36. The molecule has 2 saturated heterocycles. The molecule has 0 spiro atoms. The van der Waals surface area contributed by atoms with Crippen LogP contribution >= 0.6 is 0 Å². The molecule has 0 radical (unpaired) electrons. The summed E-state index contributed by atoms with van der Waals surface area (Å²) in [5.41, 5.74) is 2.29. The number of carbonyl (C=O) groups excluding carboxylic acids is 1. The minimum atomic E-state index is -0.0802. The van der Waals surface area contributed by atoms with E-state index in [0.717, 1.165) is 23.6 Å². The van der Waals surface area contributed by atoms with Crippen LogP contribution in [-0.4, -0.2) is 52.2 Å². The normalized spacial score (nSPS) is 26.5. The summed E-state index contributed by atoms with van der Waals surface area (Å²) < 4.78 is 0. The summed E-state index contributed by atoms with van der Waals surface area (Å²) in [6, 6.07) is 4.38. The zero-order valence-corrected chi connectivity index (χ0v) is 13.9. The van der Waals surface area contributed by atoms with E-state index in [1.165, 1.54) is 25.8 Å². The smallest absolute Gasteiger partial charge is 0.269 e. The molecule has 3 atom stereocenters. The Bertz CT molecular complexity index is 713. The van der Waals surface area contributed by atoms with E-state index in [9.17, 15) is 4.79 Å². The zero-order chi connectivity index (χ0) is 16.5. The van der Waals surface area contributed by atoms with E-state index in [4.69, 9.17) is 0 Å². The average molecular weight is 325 g/mol. The second-order valence-corrected chi connectivity index (χ2v) is 7.05. The van der Waals surface area contributed by atoms with E-state index in [1.54, 1.807) is 18.6 Å². The van der Waals surface area contributed by atoms with Gasteiger partial charge in [-0.25, -0.2) is 0 Å². The number of fused-ring (bicyclic) bond motifs is 3. The lowest BCUT2D eigenvalue weighted by atomic mass is 9.73. The molecule has 2 aromatic heterocycles. The Morgan fingerprint density at radius 1 is 1.38 bits per heavy atom. The molecule has 24 heavy (non-hydrogen) atoms. The van der Waals surface area contributed by atoms with Gasteiger partial charge in [0.15, 0.2) is 0 Å². The average Bonchev–Trinajstić information content (AvgIpc) is 3.10. The molecule has 2 aliphatic heterocycles. The van der Waals surface area contributed by atoms with Crippen molar-refractivity contribution in [2.75, 3.05) is 20.1 Å². The van der Waals surface area contributed by atoms with Crippen LogP contribution in [-0.2, 0) is 0 Å². The van der Waals surface area contributed by atoms with Gasteiger partial charge in [-0.05, 0) is 55.8 Å². The third-order valence-electron chi connectivity index (χ3n) is 5.55. The van der Waals surface area contributed by atoms with Crippen LogP contribution in [0.25, 0.3) is 11.1 Å². The van der Waals surface area contributed by atoms with Crippen LogP contribution in [0.3, 0.4) is 0 Å². The third kappa shape index (κ3) is 2.82. The fourth-order valence-electron chi connectivity index (χ4n) is 4.38. The third-order valence-corrected chi connectivity index (χ3v) is 5.55. The van der Waals surface area contributed by atoms with Crippen molar-refractivity contribution in [1.82, 2.24) is 25.4 Å². The first-order chi connectivity index (χ1) is 11.7. The van der Waals surface area contributed by atoms with Gasteiger partial charge in [0.25, 0.3) is 5.91 Å². The molecule has 6 heteroatoms. The maximum Gasteiger partial charge on any atom is 0.269 e. The van der Waals surface area contributed by atoms with E-state index < -0.39 is 0 Å². The summed E-state index contributed by atoms with van der Waals surface area (Å²) in [5, 5.41) is 10.0. The number of aromatic amines is 1. The maximum absolute atomic E-state index is 12.6. The Kier molecular flexibility index (Phi) is 4.06. The molecule has 1 saturated carbocycles. The Balaban J connectivity index is 1.44. The SMILES string of the molecule is CN1CC2CCC1C(CNC(=O)c1[nH]ncc1-c1ccncc1)C2. The summed E-state index contributed by atoms with van der Waals surface area (Å²) in [6.07, 6.45) is 8.97. The Hall–Kier alpha value is -2.21. The fraction of sp³-hybridized carbons (Fsp3) is 0.500. The van der Waals surface area contributed by atoms with Crippen LogP contribution < -0.4 is 5.32 Å². The highest BCUT2D eigenvalue weighted by atomic mass is 16.1. The van der Waals surface area contributed by atoms with Crippen molar-refractivity contribution in [2.45, 2.75) is 25.3 Å². The summed E-state index contributed by atoms with van der Waals surface area (Å²) >= 11 is 0. The summed E-state index contributed by atoms with van der Waals surface area (Å²) in [7, 11) is 2.21. The quantitative estimate of drug-likeness (QED) is 0.901. The standard InChI is InChI=1S/C18H23N5O/c1-23-11-12-2-3-16(23)14(8-12)9-20-18(24)17-15(10-21-22-17)13-4-6-19-7-5-13/h4-7,10,12,14,16H,2-3,8-9,11H2,1H3,(H,20,24)(H,21,22). The lowest BCUT2D eigenvalue weighted by Crippen LogP contribution is -2.53. The number of amides is 1. The van der Waals surface area contributed by atoms with Gasteiger partial charge in [0.05, 0.1) is 6.20 Å². The molecule has 2 N–H and O–H groups in total. The van der Waals surface area contributed by atoms with Crippen molar-refractivity contribution in [3.05, 3.63) is 36.4 Å². The number of rotatable bonds is 4. The molecule has 3 fully saturated rings. The van der Waals surface area contributed by atoms with E-state index >= 15 is 0 Å². The number of hydrogen-bond acceptors (Lipinski definition) is 4. The molecule has 2 bridgehead atoms. The van der Waals surface area contributed by atoms with Gasteiger partial charge in [-0.15, -0.1) is 0 Å². The van der Waals surface area contributed by atoms with Crippen LogP contribution in [0.5, 0.6) is 0 Å². The van der Waals surface area contributed by atoms with Gasteiger partial charge in [0.1, 0.15) is 5.69 Å². The van der Waals surface area contributed by atoms with Gasteiger partial charge in [-0.1, -0.05) is 0 Å². The topological polar surface area (TPSA) is 73.9 Å². The van der Waals surface area contributed by atoms with Crippen molar-refractivity contribution in [1.29, 1.82) is 0 Å². The van der Waals surface area contributed by atoms with Gasteiger partial charge in [0.2, 0.25) is 0 Å². The molecule has 0 aromatic carbocycles. The van der Waals surface area contributed by atoms with Crippen LogP contribution in [0, 0.1) is 11.8 Å². The molecule has 126 valence electrons. The summed E-state index contributed by atoms with van der Waals surface area (Å²) in [5.74, 6) is 1.27. The van der Waals surface area contributed by atoms with Crippen LogP contribution in [0.2, 0.25) is 0 Å². The van der Waals surface area contributed by atoms with Gasteiger partial charge < -0.3 is 10.2 Å². The van der Waals surface area contributed by atoms with Gasteiger partial charge in [-0.3, -0.25) is 14.9 Å². The van der Waals surface area contributed by atoms with Crippen molar-refractivity contribution in [3.8, 4) is 11.1 Å². The molecule has 5 rings (SSSR count). The summed E-state index contributed by atoms with van der Waals surface area (Å²) in [4.78, 5) is 19.1. The number of nitrogens with zero attached hydrogens (tertiary/aromatic N) is 3. The Morgan fingerprint density at radius 2 is 2.21 bits per heavy atom. The molecular formula is C18H23N5O. The van der Waals surface area contributed by atoms with E-state index in [-0.39, 0.29) is 5.91 Å². The van der Waals surface area contributed by atoms with Crippen molar-refractivity contribution in [2.24, 2.45) is 11.8 Å². The minimum absolute atomic E-state index is 0.0802. The largest absolute Gasteiger partial charge is 0.350 e. The monoisotopic (exact) mass is 325 g/mol. The molecular weight excluding hydrogens is 302 g/mol. The van der Waals surface area contributed by atoms with Gasteiger partial charge in [-0.2, -0.15) is 5.10 Å². The van der Waals surface area contributed by atoms with E-state index in [0.29, 0.717) is 17.7 Å². The second-order valence-electron chi connectivity index (χ2n) is 7.05.